The van der Waals surface area contributed by atoms with Gasteiger partial charge in [0.1, 0.15) is 5.17 Å². The lowest BCUT2D eigenvalue weighted by molar-refractivity contribution is -0.128. The number of hydrogen-bond acceptors (Lipinski definition) is 1. The van der Waals surface area contributed by atoms with E-state index in [2.05, 4.69) is 4.99 Å². The lowest BCUT2D eigenvalue weighted by Crippen LogP contribution is -2.22. The van der Waals surface area contributed by atoms with Crippen LogP contribution >= 0.6 is 34.8 Å². The van der Waals surface area contributed by atoms with Gasteiger partial charge in [-0.05, 0) is 12.1 Å². The van der Waals surface area contributed by atoms with E-state index in [0.29, 0.717) is 10.6 Å². The summed E-state index contributed by atoms with van der Waals surface area (Å²) in [6, 6.07) is 5.89. The van der Waals surface area contributed by atoms with Gasteiger partial charge in [-0.3, -0.25) is 0 Å². The van der Waals surface area contributed by atoms with Gasteiger partial charge >= 0.3 is 6.18 Å². The van der Waals surface area contributed by atoms with E-state index in [1.165, 1.54) is 24.3 Å². The highest BCUT2D eigenvalue weighted by atomic mass is 35.5. The quantitative estimate of drug-likeness (QED) is 0.433. The van der Waals surface area contributed by atoms with E-state index in [9.17, 15) is 13.2 Å². The van der Waals surface area contributed by atoms with Crippen LogP contribution in [0.4, 0.5) is 13.2 Å². The molecular formula is C9H5Cl3F3N. The molecule has 0 aliphatic heterocycles. The Morgan fingerprint density at radius 1 is 1.19 bits per heavy atom. The van der Waals surface area contributed by atoms with Gasteiger partial charge in [0.25, 0.3) is 0 Å². The van der Waals surface area contributed by atoms with Crippen LogP contribution in [0.5, 0.6) is 0 Å². The molecule has 0 aliphatic carbocycles. The number of benzene rings is 1. The lowest BCUT2D eigenvalue weighted by atomic mass is 10.2. The molecule has 0 radical (unpaired) electrons. The van der Waals surface area contributed by atoms with Crippen molar-refractivity contribution in [2.24, 2.45) is 4.99 Å². The van der Waals surface area contributed by atoms with Gasteiger partial charge in [0, 0.05) is 10.6 Å². The van der Waals surface area contributed by atoms with E-state index in [4.69, 9.17) is 34.8 Å². The summed E-state index contributed by atoms with van der Waals surface area (Å²) in [4.78, 5) is 3.13. The van der Waals surface area contributed by atoms with Crippen LogP contribution in [0.15, 0.2) is 29.3 Å². The van der Waals surface area contributed by atoms with Crippen LogP contribution in [0.25, 0.3) is 0 Å². The third-order valence-corrected chi connectivity index (χ3v) is 2.49. The van der Waals surface area contributed by atoms with E-state index >= 15 is 0 Å². The summed E-state index contributed by atoms with van der Waals surface area (Å²) in [7, 11) is 0. The monoisotopic (exact) mass is 289 g/mol. The lowest BCUT2D eigenvalue weighted by Gasteiger charge is -2.09. The molecule has 0 amide bonds. The van der Waals surface area contributed by atoms with Crippen LogP contribution in [-0.2, 0) is 0 Å². The Hall–Kier alpha value is -0.450. The third kappa shape index (κ3) is 3.85. The van der Waals surface area contributed by atoms with Crippen molar-refractivity contribution in [3.63, 3.8) is 0 Å². The zero-order chi connectivity index (χ0) is 12.3. The number of halogens is 6. The van der Waals surface area contributed by atoms with E-state index < -0.39 is 11.7 Å². The zero-order valence-electron chi connectivity index (χ0n) is 7.60. The van der Waals surface area contributed by atoms with Crippen molar-refractivity contribution in [3.8, 4) is 0 Å². The first-order chi connectivity index (χ1) is 7.30. The molecular weight excluding hydrogens is 285 g/mol. The molecule has 1 nitrogen and oxygen atoms in total. The first-order valence-electron chi connectivity index (χ1n) is 4.00. The maximum atomic E-state index is 12.1. The van der Waals surface area contributed by atoms with Crippen LogP contribution in [0, 0.1) is 0 Å². The van der Waals surface area contributed by atoms with Gasteiger partial charge in [-0.25, -0.2) is 4.99 Å². The summed E-state index contributed by atoms with van der Waals surface area (Å²) in [6.45, 7) is 0. The first-order valence-corrected chi connectivity index (χ1v) is 5.20. The Morgan fingerprint density at radius 2 is 1.69 bits per heavy atom. The van der Waals surface area contributed by atoms with Crippen LogP contribution in [-0.4, -0.2) is 16.8 Å². The fourth-order valence-electron chi connectivity index (χ4n) is 0.835. The summed E-state index contributed by atoms with van der Waals surface area (Å²) in [5, 5.41) is 0.139. The third-order valence-electron chi connectivity index (χ3n) is 1.58. The van der Waals surface area contributed by atoms with Crippen molar-refractivity contribution in [2.75, 3.05) is 0 Å². The molecule has 1 rings (SSSR count). The number of aliphatic imine (C=N–C) groups is 1. The average Bonchev–Trinajstić information content (AvgIpc) is 2.17. The Kier molecular flexibility index (Phi) is 4.47. The fourth-order valence-corrected chi connectivity index (χ4v) is 1.33. The molecule has 0 spiro atoms. The van der Waals surface area contributed by atoms with Crippen molar-refractivity contribution in [2.45, 2.75) is 11.7 Å². The molecule has 0 heterocycles. The standard InChI is InChI=1S/C9H5Cl3F3N/c10-6-3-1-5(2-4-6)7(11)16-8(12)9(13,14)15/h1-4,8H. The Labute approximate surface area is 105 Å². The van der Waals surface area contributed by atoms with Gasteiger partial charge in [0.15, 0.2) is 0 Å². The van der Waals surface area contributed by atoms with E-state index in [0.717, 1.165) is 0 Å². The van der Waals surface area contributed by atoms with Gasteiger partial charge in [0.2, 0.25) is 5.50 Å². The molecule has 16 heavy (non-hydrogen) atoms. The molecule has 88 valence electrons. The second-order valence-corrected chi connectivity index (χ2v) is 4.01. The SMILES string of the molecule is FC(F)(F)C(Cl)N=C(Cl)c1ccc(Cl)cc1. The molecule has 0 N–H and O–H groups in total. The van der Waals surface area contributed by atoms with Gasteiger partial charge in [-0.2, -0.15) is 13.2 Å². The summed E-state index contributed by atoms with van der Waals surface area (Å²) in [5.74, 6) is 0. The number of rotatable bonds is 2. The smallest absolute Gasteiger partial charge is 0.243 e. The first kappa shape index (κ1) is 13.6. The minimum Gasteiger partial charge on any atom is -0.243 e. The second kappa shape index (κ2) is 5.25. The van der Waals surface area contributed by atoms with Crippen molar-refractivity contribution < 1.29 is 13.2 Å². The van der Waals surface area contributed by atoms with Gasteiger partial charge < -0.3 is 0 Å². The normalized spacial score (nSPS) is 15.0. The van der Waals surface area contributed by atoms with Gasteiger partial charge in [-0.1, -0.05) is 46.9 Å². The van der Waals surface area contributed by atoms with Crippen LogP contribution in [0.2, 0.25) is 5.02 Å². The summed E-state index contributed by atoms with van der Waals surface area (Å²) >= 11 is 16.2. The number of alkyl halides is 4. The van der Waals surface area contributed by atoms with Crippen molar-refractivity contribution >= 4 is 40.0 Å². The van der Waals surface area contributed by atoms with Crippen LogP contribution in [0.3, 0.4) is 0 Å². The number of hydrogen-bond donors (Lipinski definition) is 0. The van der Waals surface area contributed by atoms with E-state index in [1.54, 1.807) is 0 Å². The van der Waals surface area contributed by atoms with Crippen molar-refractivity contribution in [1.82, 2.24) is 0 Å². The number of nitrogens with zero attached hydrogens (tertiary/aromatic N) is 1. The molecule has 0 aliphatic rings. The molecule has 0 saturated heterocycles. The average molecular weight is 290 g/mol. The molecule has 0 aromatic heterocycles. The summed E-state index contributed by atoms with van der Waals surface area (Å²) < 4.78 is 36.2. The zero-order valence-corrected chi connectivity index (χ0v) is 9.87. The minimum atomic E-state index is -4.62. The Morgan fingerprint density at radius 3 is 2.12 bits per heavy atom. The molecule has 1 aromatic rings. The molecule has 1 unspecified atom stereocenters. The van der Waals surface area contributed by atoms with E-state index in [-0.39, 0.29) is 5.17 Å². The Bertz CT molecular complexity index is 386. The largest absolute Gasteiger partial charge is 0.424 e. The predicted octanol–water partition coefficient (Wildman–Crippen LogP) is 4.45. The Balaban J connectivity index is 2.89. The summed E-state index contributed by atoms with van der Waals surface area (Å²) in [5.41, 5.74) is -2.03. The van der Waals surface area contributed by atoms with Crippen molar-refractivity contribution in [1.29, 1.82) is 0 Å². The maximum absolute atomic E-state index is 12.1. The molecule has 0 saturated carbocycles. The molecule has 7 heteroatoms. The van der Waals surface area contributed by atoms with Gasteiger partial charge in [0.05, 0.1) is 0 Å². The minimum absolute atomic E-state index is 0.311. The van der Waals surface area contributed by atoms with E-state index in [1.807, 2.05) is 0 Å². The topological polar surface area (TPSA) is 12.4 Å². The fraction of sp³-hybridized carbons (Fsp3) is 0.222. The maximum Gasteiger partial charge on any atom is 0.424 e. The highest BCUT2D eigenvalue weighted by molar-refractivity contribution is 6.69. The predicted molar refractivity (Wildman–Crippen MR) is 59.5 cm³/mol. The molecule has 0 fully saturated rings. The van der Waals surface area contributed by atoms with Crippen LogP contribution < -0.4 is 0 Å². The highest BCUT2D eigenvalue weighted by Gasteiger charge is 2.38. The molecule has 1 atom stereocenters. The second-order valence-electron chi connectivity index (χ2n) is 2.80. The highest BCUT2D eigenvalue weighted by Crippen LogP contribution is 2.27. The molecule has 1 aromatic carbocycles. The van der Waals surface area contributed by atoms with Crippen LogP contribution in [0.1, 0.15) is 5.56 Å². The molecule has 0 bridgehead atoms. The summed E-state index contributed by atoms with van der Waals surface area (Å²) in [6.07, 6.45) is -4.62. The van der Waals surface area contributed by atoms with Crippen molar-refractivity contribution in [3.05, 3.63) is 34.9 Å². The van der Waals surface area contributed by atoms with Gasteiger partial charge in [-0.15, -0.1) is 0 Å².